The Bertz CT molecular complexity index is 1170. The monoisotopic (exact) mass is 473 g/mol. The Kier molecular flexibility index (Phi) is 7.93. The van der Waals surface area contributed by atoms with Gasteiger partial charge in [-0.3, -0.25) is 9.59 Å². The normalized spacial score (nSPS) is 10.7. The first-order valence-electron chi connectivity index (χ1n) is 9.51. The van der Waals surface area contributed by atoms with Crippen LogP contribution < -0.4 is 20.2 Å². The second-order valence-corrected chi connectivity index (χ2v) is 6.97. The summed E-state index contributed by atoms with van der Waals surface area (Å²) in [6, 6.07) is 14.1. The SMILES string of the molecule is COc1cc(/C=N/NC(=O)C(=O)Nc2ccc(F)cc2)ccc1OCc1c(F)cccc1Cl. The first-order chi connectivity index (χ1) is 15.9. The maximum atomic E-state index is 13.9. The summed E-state index contributed by atoms with van der Waals surface area (Å²) in [5.74, 6) is -2.24. The van der Waals surface area contributed by atoms with Crippen LogP contribution in [0.25, 0.3) is 0 Å². The number of ether oxygens (including phenoxy) is 2. The van der Waals surface area contributed by atoms with Crippen LogP contribution in [-0.2, 0) is 16.2 Å². The molecule has 3 aromatic carbocycles. The number of methoxy groups -OCH3 is 1. The van der Waals surface area contributed by atoms with E-state index >= 15 is 0 Å². The van der Waals surface area contributed by atoms with Crippen molar-refractivity contribution in [3.05, 3.63) is 88.4 Å². The van der Waals surface area contributed by atoms with E-state index in [0.29, 0.717) is 17.1 Å². The number of carbonyl (C=O) groups excluding carboxylic acids is 2. The molecule has 0 spiro atoms. The number of amides is 2. The number of halogens is 3. The van der Waals surface area contributed by atoms with Gasteiger partial charge in [-0.2, -0.15) is 5.10 Å². The molecule has 0 aromatic heterocycles. The zero-order valence-corrected chi connectivity index (χ0v) is 18.0. The summed E-state index contributed by atoms with van der Waals surface area (Å²) in [7, 11) is 1.43. The van der Waals surface area contributed by atoms with Gasteiger partial charge in [-0.1, -0.05) is 17.7 Å². The molecule has 0 atom stereocenters. The zero-order chi connectivity index (χ0) is 23.8. The van der Waals surface area contributed by atoms with Crippen molar-refractivity contribution in [3.63, 3.8) is 0 Å². The van der Waals surface area contributed by atoms with Crippen molar-refractivity contribution in [2.75, 3.05) is 12.4 Å². The van der Waals surface area contributed by atoms with Crippen LogP contribution in [0.1, 0.15) is 11.1 Å². The number of rotatable bonds is 7. The number of hydrogen-bond acceptors (Lipinski definition) is 5. The molecule has 2 N–H and O–H groups in total. The Morgan fingerprint density at radius 2 is 1.79 bits per heavy atom. The maximum Gasteiger partial charge on any atom is 0.329 e. The molecule has 0 fully saturated rings. The van der Waals surface area contributed by atoms with Gasteiger partial charge in [0.15, 0.2) is 11.5 Å². The number of hydrazone groups is 1. The van der Waals surface area contributed by atoms with E-state index in [1.165, 1.54) is 37.6 Å². The molecule has 0 saturated heterocycles. The quantitative estimate of drug-likeness (QED) is 0.304. The Labute approximate surface area is 193 Å². The molecule has 3 aromatic rings. The van der Waals surface area contributed by atoms with Crippen molar-refractivity contribution >= 4 is 35.3 Å². The molecule has 0 unspecified atom stereocenters. The van der Waals surface area contributed by atoms with Gasteiger partial charge in [0.05, 0.1) is 18.3 Å². The van der Waals surface area contributed by atoms with Gasteiger partial charge in [0.25, 0.3) is 0 Å². The smallest absolute Gasteiger partial charge is 0.329 e. The van der Waals surface area contributed by atoms with E-state index in [1.807, 2.05) is 0 Å². The van der Waals surface area contributed by atoms with E-state index in [2.05, 4.69) is 15.8 Å². The molecule has 10 heteroatoms. The summed E-state index contributed by atoms with van der Waals surface area (Å²) in [6.07, 6.45) is 1.29. The Balaban J connectivity index is 1.59. The predicted molar refractivity (Wildman–Crippen MR) is 120 cm³/mol. The van der Waals surface area contributed by atoms with Crippen LogP contribution in [-0.4, -0.2) is 25.1 Å². The fourth-order valence-electron chi connectivity index (χ4n) is 2.64. The van der Waals surface area contributed by atoms with Crippen LogP contribution in [0.4, 0.5) is 14.5 Å². The molecule has 3 rings (SSSR count). The van der Waals surface area contributed by atoms with Gasteiger partial charge >= 0.3 is 11.8 Å². The van der Waals surface area contributed by atoms with Crippen LogP contribution in [0.3, 0.4) is 0 Å². The third-order valence-corrected chi connectivity index (χ3v) is 4.66. The summed E-state index contributed by atoms with van der Waals surface area (Å²) in [4.78, 5) is 23.7. The summed E-state index contributed by atoms with van der Waals surface area (Å²) in [6.45, 7) is -0.103. The van der Waals surface area contributed by atoms with E-state index in [-0.39, 0.29) is 22.9 Å². The average Bonchev–Trinajstić information content (AvgIpc) is 2.80. The topological polar surface area (TPSA) is 89.0 Å². The average molecular weight is 474 g/mol. The number of anilines is 1. The van der Waals surface area contributed by atoms with E-state index < -0.39 is 23.4 Å². The van der Waals surface area contributed by atoms with E-state index in [4.69, 9.17) is 21.1 Å². The van der Waals surface area contributed by atoms with Gasteiger partial charge in [-0.15, -0.1) is 0 Å². The second kappa shape index (κ2) is 11.1. The molecule has 33 heavy (non-hydrogen) atoms. The largest absolute Gasteiger partial charge is 0.493 e. The standard InChI is InChI=1S/C23H18ClF2N3O4/c1-32-21-11-14(5-10-20(21)33-13-17-18(24)3-2-4-19(17)26)12-27-29-23(31)22(30)28-16-8-6-15(25)7-9-16/h2-12H,13H2,1H3,(H,28,30)(H,29,31)/b27-12+. The first-order valence-corrected chi connectivity index (χ1v) is 9.89. The van der Waals surface area contributed by atoms with Crippen molar-refractivity contribution in [1.82, 2.24) is 5.43 Å². The Morgan fingerprint density at radius 1 is 1.03 bits per heavy atom. The molecule has 0 aliphatic rings. The Morgan fingerprint density at radius 3 is 2.48 bits per heavy atom. The summed E-state index contributed by atoms with van der Waals surface area (Å²) >= 11 is 6.00. The molecule has 7 nitrogen and oxygen atoms in total. The molecule has 170 valence electrons. The van der Waals surface area contributed by atoms with Gasteiger partial charge in [0.1, 0.15) is 18.2 Å². The highest BCUT2D eigenvalue weighted by Crippen LogP contribution is 2.29. The molecule has 0 saturated carbocycles. The van der Waals surface area contributed by atoms with E-state index in [9.17, 15) is 18.4 Å². The number of carbonyl (C=O) groups is 2. The van der Waals surface area contributed by atoms with Gasteiger partial charge < -0.3 is 14.8 Å². The number of benzene rings is 3. The highest BCUT2D eigenvalue weighted by atomic mass is 35.5. The summed E-state index contributed by atoms with van der Waals surface area (Å²) in [5, 5.41) is 6.29. The summed E-state index contributed by atoms with van der Waals surface area (Å²) in [5.41, 5.74) is 3.10. The van der Waals surface area contributed by atoms with E-state index in [0.717, 1.165) is 12.1 Å². The lowest BCUT2D eigenvalue weighted by molar-refractivity contribution is -0.136. The lowest BCUT2D eigenvalue weighted by Crippen LogP contribution is -2.32. The van der Waals surface area contributed by atoms with Gasteiger partial charge in [-0.25, -0.2) is 14.2 Å². The van der Waals surface area contributed by atoms with Crippen molar-refractivity contribution in [2.24, 2.45) is 5.10 Å². The lowest BCUT2D eigenvalue weighted by atomic mass is 10.2. The van der Waals surface area contributed by atoms with Crippen LogP contribution in [0, 0.1) is 11.6 Å². The highest BCUT2D eigenvalue weighted by molar-refractivity contribution is 6.39. The van der Waals surface area contributed by atoms with Crippen LogP contribution >= 0.6 is 11.6 Å². The number of nitrogens with one attached hydrogen (secondary N) is 2. The fourth-order valence-corrected chi connectivity index (χ4v) is 2.86. The minimum absolute atomic E-state index is 0.103. The minimum Gasteiger partial charge on any atom is -0.493 e. The first kappa shape index (κ1) is 23.7. The van der Waals surface area contributed by atoms with Crippen LogP contribution in [0.5, 0.6) is 11.5 Å². The van der Waals surface area contributed by atoms with E-state index in [1.54, 1.807) is 24.3 Å². The van der Waals surface area contributed by atoms with Gasteiger partial charge in [0.2, 0.25) is 0 Å². The third-order valence-electron chi connectivity index (χ3n) is 4.31. The molecule has 0 radical (unpaired) electrons. The second-order valence-electron chi connectivity index (χ2n) is 6.56. The van der Waals surface area contributed by atoms with Gasteiger partial charge in [0, 0.05) is 11.3 Å². The fraction of sp³-hybridized carbons (Fsp3) is 0.0870. The zero-order valence-electron chi connectivity index (χ0n) is 17.3. The van der Waals surface area contributed by atoms with Gasteiger partial charge in [-0.05, 0) is 60.2 Å². The van der Waals surface area contributed by atoms with Crippen LogP contribution in [0.2, 0.25) is 5.02 Å². The molecular formula is C23H18ClF2N3O4. The Hall–Kier alpha value is -3.98. The third kappa shape index (κ3) is 6.50. The van der Waals surface area contributed by atoms with Crippen molar-refractivity contribution in [3.8, 4) is 11.5 Å². The summed E-state index contributed by atoms with van der Waals surface area (Å²) < 4.78 is 37.7. The minimum atomic E-state index is -1.01. The molecule has 0 aliphatic heterocycles. The lowest BCUT2D eigenvalue weighted by Gasteiger charge is -2.12. The molecule has 0 bridgehead atoms. The van der Waals surface area contributed by atoms with Crippen molar-refractivity contribution in [2.45, 2.75) is 6.61 Å². The van der Waals surface area contributed by atoms with Crippen molar-refractivity contribution in [1.29, 1.82) is 0 Å². The highest BCUT2D eigenvalue weighted by Gasteiger charge is 2.13. The maximum absolute atomic E-state index is 13.9. The number of nitrogens with zero attached hydrogens (tertiary/aromatic N) is 1. The van der Waals surface area contributed by atoms with Crippen LogP contribution in [0.15, 0.2) is 65.8 Å². The molecular weight excluding hydrogens is 456 g/mol. The van der Waals surface area contributed by atoms with Crippen molar-refractivity contribution < 1.29 is 27.8 Å². The number of hydrogen-bond donors (Lipinski definition) is 2. The predicted octanol–water partition coefficient (Wildman–Crippen LogP) is 4.29. The molecule has 2 amide bonds. The molecule has 0 aliphatic carbocycles. The molecule has 0 heterocycles.